The summed E-state index contributed by atoms with van der Waals surface area (Å²) in [6, 6.07) is 30.2. The van der Waals surface area contributed by atoms with Crippen LogP contribution in [0.2, 0.25) is 5.02 Å². The molecule has 0 unspecified atom stereocenters. The Morgan fingerprint density at radius 1 is 0.643 bits per heavy atom. The predicted octanol–water partition coefficient (Wildman–Crippen LogP) is 6.85. The fourth-order valence-electron chi connectivity index (χ4n) is 3.36. The first-order valence-corrected chi connectivity index (χ1v) is 9.43. The molecule has 0 atom stereocenters. The van der Waals surface area contributed by atoms with Gasteiger partial charge in [-0.15, -0.1) is 0 Å². The van der Waals surface area contributed by atoms with Crippen molar-refractivity contribution in [2.75, 3.05) is 5.32 Å². The molecule has 1 heterocycles. The lowest BCUT2D eigenvalue weighted by molar-refractivity contribution is 1.22. The fourth-order valence-corrected chi connectivity index (χ4v) is 3.49. The van der Waals surface area contributed by atoms with Crippen molar-refractivity contribution in [3.63, 3.8) is 0 Å². The smallest absolute Gasteiger partial charge is 0.162 e. The highest BCUT2D eigenvalue weighted by atomic mass is 35.5. The summed E-state index contributed by atoms with van der Waals surface area (Å²) in [4.78, 5) is 9.58. The summed E-state index contributed by atoms with van der Waals surface area (Å²) < 4.78 is 0. The van der Waals surface area contributed by atoms with Crippen molar-refractivity contribution in [3.05, 3.63) is 96.0 Å². The summed E-state index contributed by atoms with van der Waals surface area (Å²) in [5.41, 5.74) is 2.84. The highest BCUT2D eigenvalue weighted by Crippen LogP contribution is 2.31. The third-order valence-corrected chi connectivity index (χ3v) is 5.00. The van der Waals surface area contributed by atoms with Gasteiger partial charge in [0.15, 0.2) is 5.82 Å². The van der Waals surface area contributed by atoms with E-state index < -0.39 is 0 Å². The normalized spacial score (nSPS) is 11.0. The van der Waals surface area contributed by atoms with E-state index in [1.165, 1.54) is 5.39 Å². The van der Waals surface area contributed by atoms with Crippen molar-refractivity contribution in [2.45, 2.75) is 0 Å². The Morgan fingerprint density at radius 2 is 1.36 bits per heavy atom. The Labute approximate surface area is 167 Å². The molecule has 5 rings (SSSR count). The number of nitrogens with one attached hydrogen (secondary N) is 1. The van der Waals surface area contributed by atoms with Gasteiger partial charge >= 0.3 is 0 Å². The number of hydrogen-bond donors (Lipinski definition) is 1. The maximum atomic E-state index is 6.04. The van der Waals surface area contributed by atoms with Crippen LogP contribution in [0, 0.1) is 0 Å². The molecule has 5 aromatic rings. The molecule has 0 aliphatic rings. The van der Waals surface area contributed by atoms with Gasteiger partial charge in [-0.3, -0.25) is 0 Å². The largest absolute Gasteiger partial charge is 0.339 e. The van der Waals surface area contributed by atoms with Crippen LogP contribution < -0.4 is 5.32 Å². The molecule has 134 valence electrons. The summed E-state index contributed by atoms with van der Waals surface area (Å²) in [6.45, 7) is 0. The van der Waals surface area contributed by atoms with E-state index in [0.29, 0.717) is 10.8 Å². The third-order valence-electron chi connectivity index (χ3n) is 4.75. The maximum absolute atomic E-state index is 6.04. The van der Waals surface area contributed by atoms with E-state index in [4.69, 9.17) is 21.6 Å². The van der Waals surface area contributed by atoms with Crippen molar-refractivity contribution in [1.29, 1.82) is 0 Å². The molecule has 28 heavy (non-hydrogen) atoms. The van der Waals surface area contributed by atoms with Crippen molar-refractivity contribution in [1.82, 2.24) is 9.97 Å². The number of aromatic nitrogens is 2. The number of nitrogens with zero attached hydrogens (tertiary/aromatic N) is 2. The van der Waals surface area contributed by atoms with Gasteiger partial charge in [0.25, 0.3) is 0 Å². The highest BCUT2D eigenvalue weighted by Gasteiger charge is 2.11. The van der Waals surface area contributed by atoms with E-state index in [2.05, 4.69) is 29.6 Å². The van der Waals surface area contributed by atoms with Crippen LogP contribution in [0.25, 0.3) is 33.1 Å². The maximum Gasteiger partial charge on any atom is 0.162 e. The molecular weight excluding hydrogens is 366 g/mol. The van der Waals surface area contributed by atoms with Crippen molar-refractivity contribution in [2.24, 2.45) is 0 Å². The number of para-hydroxylation sites is 1. The van der Waals surface area contributed by atoms with Gasteiger partial charge in [0.2, 0.25) is 0 Å². The molecule has 0 saturated carbocycles. The van der Waals surface area contributed by atoms with E-state index in [1.807, 2.05) is 66.7 Å². The number of benzene rings is 4. The summed E-state index contributed by atoms with van der Waals surface area (Å²) >= 11 is 6.04. The van der Waals surface area contributed by atoms with Crippen LogP contribution in [-0.4, -0.2) is 9.97 Å². The van der Waals surface area contributed by atoms with Gasteiger partial charge in [0.05, 0.1) is 5.52 Å². The molecule has 0 fully saturated rings. The van der Waals surface area contributed by atoms with Crippen LogP contribution in [0.3, 0.4) is 0 Å². The van der Waals surface area contributed by atoms with Crippen LogP contribution in [0.1, 0.15) is 0 Å². The average Bonchev–Trinajstić information content (AvgIpc) is 2.74. The standard InChI is InChI=1S/C24H16ClN3/c25-18-14-12-17(13-15-18)23-26-22-10-4-3-9-20(22)24(28-23)27-21-11-5-7-16-6-1-2-8-19(16)21/h1-15H,(H,26,27,28). The number of anilines is 2. The lowest BCUT2D eigenvalue weighted by atomic mass is 10.1. The first kappa shape index (κ1) is 16.7. The minimum Gasteiger partial charge on any atom is -0.339 e. The summed E-state index contributed by atoms with van der Waals surface area (Å²) in [6.07, 6.45) is 0. The monoisotopic (exact) mass is 381 g/mol. The second-order valence-corrected chi connectivity index (χ2v) is 7.01. The number of halogens is 1. The molecular formula is C24H16ClN3. The van der Waals surface area contributed by atoms with E-state index in [-0.39, 0.29) is 0 Å². The van der Waals surface area contributed by atoms with E-state index in [0.717, 1.165) is 33.4 Å². The molecule has 0 amide bonds. The molecule has 0 radical (unpaired) electrons. The highest BCUT2D eigenvalue weighted by molar-refractivity contribution is 6.30. The fraction of sp³-hybridized carbons (Fsp3) is 0. The van der Waals surface area contributed by atoms with Crippen LogP contribution in [0.15, 0.2) is 91.0 Å². The Hall–Kier alpha value is -3.43. The van der Waals surface area contributed by atoms with Gasteiger partial charge in [-0.05, 0) is 47.9 Å². The van der Waals surface area contributed by atoms with Crippen LogP contribution in [0.5, 0.6) is 0 Å². The van der Waals surface area contributed by atoms with Crippen molar-refractivity contribution >= 4 is 44.8 Å². The van der Waals surface area contributed by atoms with E-state index in [9.17, 15) is 0 Å². The average molecular weight is 382 g/mol. The SMILES string of the molecule is Clc1ccc(-c2nc(Nc3cccc4ccccc34)c3ccccc3n2)cc1. The number of hydrogen-bond acceptors (Lipinski definition) is 3. The topological polar surface area (TPSA) is 37.8 Å². The van der Waals surface area contributed by atoms with Gasteiger partial charge in [0.1, 0.15) is 5.82 Å². The van der Waals surface area contributed by atoms with E-state index in [1.54, 1.807) is 0 Å². The van der Waals surface area contributed by atoms with Gasteiger partial charge in [0, 0.05) is 27.0 Å². The molecule has 0 aliphatic carbocycles. The molecule has 3 nitrogen and oxygen atoms in total. The van der Waals surface area contributed by atoms with Crippen molar-refractivity contribution in [3.8, 4) is 11.4 Å². The second-order valence-electron chi connectivity index (χ2n) is 6.57. The molecule has 0 aliphatic heterocycles. The quantitative estimate of drug-likeness (QED) is 0.371. The molecule has 4 heteroatoms. The molecule has 4 aromatic carbocycles. The Balaban J connectivity index is 1.68. The lowest BCUT2D eigenvalue weighted by Gasteiger charge is -2.13. The van der Waals surface area contributed by atoms with Crippen LogP contribution >= 0.6 is 11.6 Å². The first-order chi connectivity index (χ1) is 13.8. The Bertz CT molecular complexity index is 1290. The van der Waals surface area contributed by atoms with Crippen LogP contribution in [-0.2, 0) is 0 Å². The summed E-state index contributed by atoms with van der Waals surface area (Å²) in [5, 5.41) is 7.54. The zero-order valence-corrected chi connectivity index (χ0v) is 15.7. The van der Waals surface area contributed by atoms with Crippen LogP contribution in [0.4, 0.5) is 11.5 Å². The Kier molecular flexibility index (Phi) is 4.15. The molecule has 1 aromatic heterocycles. The summed E-state index contributed by atoms with van der Waals surface area (Å²) in [5.74, 6) is 1.45. The molecule has 0 saturated heterocycles. The molecule has 0 spiro atoms. The second kappa shape index (κ2) is 6.95. The number of rotatable bonds is 3. The number of fused-ring (bicyclic) bond motifs is 2. The zero-order chi connectivity index (χ0) is 18.9. The van der Waals surface area contributed by atoms with E-state index >= 15 is 0 Å². The zero-order valence-electron chi connectivity index (χ0n) is 14.9. The van der Waals surface area contributed by atoms with Crippen molar-refractivity contribution < 1.29 is 0 Å². The van der Waals surface area contributed by atoms with Gasteiger partial charge in [-0.25, -0.2) is 9.97 Å². The minimum atomic E-state index is 0.665. The Morgan fingerprint density at radius 3 is 2.21 bits per heavy atom. The minimum absolute atomic E-state index is 0.665. The third kappa shape index (κ3) is 3.06. The van der Waals surface area contributed by atoms with Gasteiger partial charge in [-0.1, -0.05) is 60.1 Å². The first-order valence-electron chi connectivity index (χ1n) is 9.05. The molecule has 0 bridgehead atoms. The predicted molar refractivity (Wildman–Crippen MR) is 117 cm³/mol. The van der Waals surface area contributed by atoms with Gasteiger partial charge < -0.3 is 5.32 Å². The molecule has 1 N–H and O–H groups in total. The lowest BCUT2D eigenvalue weighted by Crippen LogP contribution is -1.99. The van der Waals surface area contributed by atoms with Gasteiger partial charge in [-0.2, -0.15) is 0 Å². The summed E-state index contributed by atoms with van der Waals surface area (Å²) in [7, 11) is 0.